The normalized spacial score (nSPS) is 15.6. The van der Waals surface area contributed by atoms with E-state index in [-0.39, 0.29) is 0 Å². The molecule has 5 heteroatoms. The smallest absolute Gasteiger partial charge is 0.132 e. The van der Waals surface area contributed by atoms with Crippen molar-refractivity contribution < 1.29 is 5.11 Å². The van der Waals surface area contributed by atoms with Crippen molar-refractivity contribution in [1.82, 2.24) is 0 Å². The molecule has 0 aliphatic heterocycles. The molecule has 0 aliphatic rings. The van der Waals surface area contributed by atoms with Crippen LogP contribution in [0.25, 0.3) is 10.4 Å². The highest BCUT2D eigenvalue weighted by Gasteiger charge is 2.33. The van der Waals surface area contributed by atoms with Crippen molar-refractivity contribution in [1.29, 1.82) is 5.26 Å². The van der Waals surface area contributed by atoms with Gasteiger partial charge in [0, 0.05) is 10.3 Å². The van der Waals surface area contributed by atoms with Gasteiger partial charge >= 0.3 is 0 Å². The lowest BCUT2D eigenvalue weighted by molar-refractivity contribution is 0.0588. The summed E-state index contributed by atoms with van der Waals surface area (Å²) in [4.78, 5) is 2.55. The third kappa shape index (κ3) is 2.12. The Morgan fingerprint density at radius 1 is 1.67 bits per heavy atom. The van der Waals surface area contributed by atoms with Crippen LogP contribution in [0.2, 0.25) is 0 Å². The van der Waals surface area contributed by atoms with E-state index in [0.29, 0.717) is 0 Å². The number of azide groups is 1. The molecule has 0 aromatic rings. The van der Waals surface area contributed by atoms with Gasteiger partial charge in [-0.15, -0.1) is 0 Å². The minimum atomic E-state index is -0.831. The van der Waals surface area contributed by atoms with Crippen molar-refractivity contribution in [2.45, 2.75) is 32.9 Å². The summed E-state index contributed by atoms with van der Waals surface area (Å²) < 4.78 is 0. The first-order valence-electron chi connectivity index (χ1n) is 3.58. The molecule has 12 heavy (non-hydrogen) atoms. The Kier molecular flexibility index (Phi) is 3.55. The molecule has 0 fully saturated rings. The van der Waals surface area contributed by atoms with Gasteiger partial charge in [-0.25, -0.2) is 0 Å². The summed E-state index contributed by atoms with van der Waals surface area (Å²) >= 11 is 0. The maximum absolute atomic E-state index is 9.27. The van der Waals surface area contributed by atoms with Gasteiger partial charge in [0.05, 0.1) is 12.2 Å². The van der Waals surface area contributed by atoms with Crippen molar-refractivity contribution in [3.05, 3.63) is 10.4 Å². The van der Waals surface area contributed by atoms with E-state index in [1.54, 1.807) is 20.8 Å². The minimum absolute atomic E-state index is 0.687. The van der Waals surface area contributed by atoms with Crippen LogP contribution in [0.5, 0.6) is 0 Å². The molecule has 66 valence electrons. The van der Waals surface area contributed by atoms with Crippen molar-refractivity contribution in [3.8, 4) is 6.07 Å². The summed E-state index contributed by atoms with van der Waals surface area (Å²) in [7, 11) is 0. The number of nitrogens with zero attached hydrogens (tertiary/aromatic N) is 4. The van der Waals surface area contributed by atoms with E-state index in [1.165, 1.54) is 0 Å². The molecule has 0 heterocycles. The second-order valence-corrected chi connectivity index (χ2v) is 3.23. The molecule has 0 aliphatic carbocycles. The fraction of sp³-hybridized carbons (Fsp3) is 0.857. The van der Waals surface area contributed by atoms with Gasteiger partial charge in [-0.3, -0.25) is 0 Å². The average molecular weight is 168 g/mol. The highest BCUT2D eigenvalue weighted by Crippen LogP contribution is 2.27. The van der Waals surface area contributed by atoms with E-state index in [2.05, 4.69) is 10.0 Å². The predicted molar refractivity (Wildman–Crippen MR) is 44.0 cm³/mol. The first-order chi connectivity index (χ1) is 5.46. The molecule has 1 N–H and O–H groups in total. The van der Waals surface area contributed by atoms with Gasteiger partial charge in [0.2, 0.25) is 0 Å². The van der Waals surface area contributed by atoms with Crippen molar-refractivity contribution in [2.75, 3.05) is 0 Å². The molecular formula is C7H12N4O. The van der Waals surface area contributed by atoms with Crippen LogP contribution in [0.3, 0.4) is 0 Å². The van der Waals surface area contributed by atoms with E-state index in [4.69, 9.17) is 10.8 Å². The monoisotopic (exact) mass is 168 g/mol. The molecular weight excluding hydrogens is 156 g/mol. The summed E-state index contributed by atoms with van der Waals surface area (Å²) in [5.74, 6) is 0. The zero-order valence-corrected chi connectivity index (χ0v) is 7.39. The number of aliphatic hydroxyl groups is 1. The van der Waals surface area contributed by atoms with Crippen LogP contribution in [-0.2, 0) is 0 Å². The van der Waals surface area contributed by atoms with E-state index >= 15 is 0 Å². The van der Waals surface area contributed by atoms with E-state index < -0.39 is 17.6 Å². The molecule has 0 bridgehead atoms. The van der Waals surface area contributed by atoms with E-state index in [0.717, 1.165) is 0 Å². The first-order valence-corrected chi connectivity index (χ1v) is 3.58. The predicted octanol–water partition coefficient (Wildman–Crippen LogP) is 1.60. The maximum atomic E-state index is 9.27. The third-order valence-electron chi connectivity index (χ3n) is 2.07. The lowest BCUT2D eigenvalue weighted by atomic mass is 9.81. The topological polar surface area (TPSA) is 92.8 Å². The van der Waals surface area contributed by atoms with Crippen LogP contribution in [0.1, 0.15) is 20.8 Å². The van der Waals surface area contributed by atoms with Gasteiger partial charge in [-0.05, 0) is 12.5 Å². The molecule has 5 nitrogen and oxygen atoms in total. The Labute approximate surface area is 71.2 Å². The molecule has 0 saturated carbocycles. The van der Waals surface area contributed by atoms with Gasteiger partial charge in [-0.2, -0.15) is 5.26 Å². The average Bonchev–Trinajstić information content (AvgIpc) is 1.99. The standard InChI is InChI=1S/C7H12N4O/c1-5(12)7(2,3)6(4-8)10-11-9/h5-6,12H,1-3H3. The molecule has 0 spiro atoms. The summed E-state index contributed by atoms with van der Waals surface area (Å²) in [5, 5.41) is 21.2. The minimum Gasteiger partial charge on any atom is -0.393 e. The second-order valence-electron chi connectivity index (χ2n) is 3.23. The van der Waals surface area contributed by atoms with Crippen LogP contribution < -0.4 is 0 Å². The van der Waals surface area contributed by atoms with Crippen molar-refractivity contribution in [3.63, 3.8) is 0 Å². The quantitative estimate of drug-likeness (QED) is 0.393. The molecule has 2 atom stereocenters. The molecule has 0 aromatic carbocycles. The lowest BCUT2D eigenvalue weighted by Gasteiger charge is -2.29. The Morgan fingerprint density at radius 2 is 2.17 bits per heavy atom. The van der Waals surface area contributed by atoms with Gasteiger partial charge in [-0.1, -0.05) is 19.0 Å². The number of hydrogen-bond acceptors (Lipinski definition) is 3. The molecule has 0 aromatic heterocycles. The Balaban J connectivity index is 4.73. The fourth-order valence-corrected chi connectivity index (χ4v) is 0.621. The Hall–Kier alpha value is -1.24. The zero-order chi connectivity index (χ0) is 9.78. The number of rotatable bonds is 3. The van der Waals surface area contributed by atoms with Crippen LogP contribution in [0.15, 0.2) is 5.11 Å². The SMILES string of the molecule is CC(O)C(C)(C)C(C#N)N=[N+]=[N-]. The second kappa shape index (κ2) is 3.96. The van der Waals surface area contributed by atoms with Crippen molar-refractivity contribution >= 4 is 0 Å². The van der Waals surface area contributed by atoms with Crippen LogP contribution in [0, 0.1) is 16.7 Å². The van der Waals surface area contributed by atoms with Crippen LogP contribution in [0.4, 0.5) is 0 Å². The summed E-state index contributed by atoms with van der Waals surface area (Å²) in [6.45, 7) is 4.93. The largest absolute Gasteiger partial charge is 0.393 e. The maximum Gasteiger partial charge on any atom is 0.132 e. The van der Waals surface area contributed by atoms with Gasteiger partial charge in [0.25, 0.3) is 0 Å². The summed E-state index contributed by atoms with van der Waals surface area (Å²) in [6.07, 6.45) is -0.687. The Bertz CT molecular complexity index is 234. The molecule has 0 radical (unpaired) electrons. The van der Waals surface area contributed by atoms with E-state index in [9.17, 15) is 5.11 Å². The zero-order valence-electron chi connectivity index (χ0n) is 7.39. The summed E-state index contributed by atoms with van der Waals surface area (Å²) in [5.41, 5.74) is 7.43. The first kappa shape index (κ1) is 10.8. The fourth-order valence-electron chi connectivity index (χ4n) is 0.621. The highest BCUT2D eigenvalue weighted by atomic mass is 16.3. The van der Waals surface area contributed by atoms with Crippen molar-refractivity contribution in [2.24, 2.45) is 10.5 Å². The van der Waals surface area contributed by atoms with Crippen LogP contribution in [-0.4, -0.2) is 17.3 Å². The third-order valence-corrected chi connectivity index (χ3v) is 2.07. The molecule has 0 rings (SSSR count). The van der Waals surface area contributed by atoms with Gasteiger partial charge in [0.1, 0.15) is 6.04 Å². The van der Waals surface area contributed by atoms with Gasteiger partial charge in [0.15, 0.2) is 0 Å². The molecule has 2 unspecified atom stereocenters. The molecule has 0 amide bonds. The number of nitriles is 1. The van der Waals surface area contributed by atoms with Crippen LogP contribution >= 0.6 is 0 Å². The number of aliphatic hydroxyl groups excluding tert-OH is 1. The lowest BCUT2D eigenvalue weighted by Crippen LogP contribution is -2.36. The summed E-state index contributed by atoms with van der Waals surface area (Å²) in [6, 6.07) is 1.01. The van der Waals surface area contributed by atoms with Gasteiger partial charge < -0.3 is 5.11 Å². The Morgan fingerprint density at radius 3 is 2.42 bits per heavy atom. The molecule has 0 saturated heterocycles. The number of hydrogen-bond donors (Lipinski definition) is 1. The van der Waals surface area contributed by atoms with E-state index in [1.807, 2.05) is 6.07 Å². The highest BCUT2D eigenvalue weighted by molar-refractivity contribution is 5.02.